The standard InChI is InChI=1S/C15H18N2O5S2/c16-15(20)17-12(18)8-22-13(19)9-21-11-4-2-10(3-5-11)14-23-6-1-7-24-14/h2-5,14H,1,6-9H2,(H3,16,17,18,20). The van der Waals surface area contributed by atoms with Crippen LogP contribution in [0.2, 0.25) is 0 Å². The number of esters is 1. The number of rotatable bonds is 6. The molecular formula is C15H18N2O5S2. The van der Waals surface area contributed by atoms with Crippen molar-refractivity contribution < 1.29 is 23.9 Å². The maximum Gasteiger partial charge on any atom is 0.344 e. The SMILES string of the molecule is NC(=O)NC(=O)COC(=O)COc1ccc(C2SCCCS2)cc1. The first kappa shape index (κ1) is 18.5. The molecule has 0 radical (unpaired) electrons. The predicted molar refractivity (Wildman–Crippen MR) is 92.9 cm³/mol. The van der Waals surface area contributed by atoms with Gasteiger partial charge in [-0.05, 0) is 35.6 Å². The van der Waals surface area contributed by atoms with Gasteiger partial charge in [0.05, 0.1) is 4.58 Å². The van der Waals surface area contributed by atoms with E-state index in [9.17, 15) is 14.4 Å². The Morgan fingerprint density at radius 1 is 1.12 bits per heavy atom. The van der Waals surface area contributed by atoms with Crippen LogP contribution in [0.15, 0.2) is 24.3 Å². The molecular weight excluding hydrogens is 352 g/mol. The van der Waals surface area contributed by atoms with E-state index in [0.29, 0.717) is 10.3 Å². The molecule has 0 atom stereocenters. The number of hydrogen-bond acceptors (Lipinski definition) is 7. The summed E-state index contributed by atoms with van der Waals surface area (Å²) in [5.41, 5.74) is 5.99. The predicted octanol–water partition coefficient (Wildman–Crippen LogP) is 1.67. The lowest BCUT2D eigenvalue weighted by atomic mass is 10.2. The average molecular weight is 370 g/mol. The molecule has 0 aliphatic carbocycles. The van der Waals surface area contributed by atoms with Gasteiger partial charge in [0.15, 0.2) is 13.2 Å². The van der Waals surface area contributed by atoms with Gasteiger partial charge in [0.25, 0.3) is 5.91 Å². The number of thioether (sulfide) groups is 2. The van der Waals surface area contributed by atoms with E-state index in [-0.39, 0.29) is 6.61 Å². The van der Waals surface area contributed by atoms with Gasteiger partial charge in [0.2, 0.25) is 0 Å². The van der Waals surface area contributed by atoms with E-state index in [2.05, 4.69) is 4.74 Å². The summed E-state index contributed by atoms with van der Waals surface area (Å²) in [6.07, 6.45) is 1.24. The van der Waals surface area contributed by atoms with Crippen LogP contribution in [0.3, 0.4) is 0 Å². The van der Waals surface area contributed by atoms with Crippen molar-refractivity contribution in [2.75, 3.05) is 24.7 Å². The van der Waals surface area contributed by atoms with E-state index < -0.39 is 24.5 Å². The van der Waals surface area contributed by atoms with Gasteiger partial charge in [-0.2, -0.15) is 0 Å². The quantitative estimate of drug-likeness (QED) is 0.733. The summed E-state index contributed by atoms with van der Waals surface area (Å²) >= 11 is 3.86. The minimum absolute atomic E-state index is 0.323. The van der Waals surface area contributed by atoms with Crippen molar-refractivity contribution in [3.05, 3.63) is 29.8 Å². The van der Waals surface area contributed by atoms with Crippen molar-refractivity contribution in [2.24, 2.45) is 5.73 Å². The summed E-state index contributed by atoms with van der Waals surface area (Å²) in [7, 11) is 0. The fourth-order valence-electron chi connectivity index (χ4n) is 1.90. The first-order valence-electron chi connectivity index (χ1n) is 7.25. The molecule has 1 aliphatic rings. The normalized spacial score (nSPS) is 14.7. The Morgan fingerprint density at radius 3 is 2.42 bits per heavy atom. The molecule has 0 saturated carbocycles. The van der Waals surface area contributed by atoms with Gasteiger partial charge in [-0.3, -0.25) is 10.1 Å². The number of carbonyl (C=O) groups is 3. The first-order chi connectivity index (χ1) is 11.5. The summed E-state index contributed by atoms with van der Waals surface area (Å²) in [6, 6.07) is 6.58. The zero-order valence-corrected chi connectivity index (χ0v) is 14.5. The smallest absolute Gasteiger partial charge is 0.344 e. The summed E-state index contributed by atoms with van der Waals surface area (Å²) in [5.74, 6) is 1.39. The fourth-order valence-corrected chi connectivity index (χ4v) is 4.80. The third-order valence-corrected chi connectivity index (χ3v) is 5.98. The minimum atomic E-state index is -0.998. The van der Waals surface area contributed by atoms with Crippen molar-refractivity contribution >= 4 is 41.4 Å². The molecule has 1 aromatic carbocycles. The van der Waals surface area contributed by atoms with Crippen LogP contribution in [0, 0.1) is 0 Å². The number of ether oxygens (including phenoxy) is 2. The Kier molecular flexibility index (Phi) is 7.26. The van der Waals surface area contributed by atoms with E-state index >= 15 is 0 Å². The molecule has 0 bridgehead atoms. The highest BCUT2D eigenvalue weighted by Gasteiger charge is 2.16. The van der Waals surface area contributed by atoms with E-state index in [1.54, 1.807) is 17.4 Å². The van der Waals surface area contributed by atoms with Gasteiger partial charge in [-0.25, -0.2) is 9.59 Å². The van der Waals surface area contributed by atoms with Crippen LogP contribution in [0.1, 0.15) is 16.6 Å². The molecule has 3 N–H and O–H groups in total. The van der Waals surface area contributed by atoms with Crippen molar-refractivity contribution in [3.63, 3.8) is 0 Å². The lowest BCUT2D eigenvalue weighted by molar-refractivity contribution is -0.150. The molecule has 9 heteroatoms. The molecule has 3 amide bonds. The topological polar surface area (TPSA) is 108 Å². The highest BCUT2D eigenvalue weighted by Crippen LogP contribution is 2.43. The molecule has 1 aliphatic heterocycles. The third kappa shape index (κ3) is 6.32. The number of urea groups is 1. The Balaban J connectivity index is 1.72. The first-order valence-corrected chi connectivity index (χ1v) is 9.35. The van der Waals surface area contributed by atoms with E-state index in [4.69, 9.17) is 10.5 Å². The van der Waals surface area contributed by atoms with Crippen molar-refractivity contribution in [3.8, 4) is 5.75 Å². The van der Waals surface area contributed by atoms with Gasteiger partial charge in [0, 0.05) is 0 Å². The summed E-state index contributed by atoms with van der Waals surface area (Å²) < 4.78 is 10.4. The fraction of sp³-hybridized carbons (Fsp3) is 0.400. The number of carbonyl (C=O) groups excluding carboxylic acids is 3. The Morgan fingerprint density at radius 2 is 1.79 bits per heavy atom. The lowest BCUT2D eigenvalue weighted by Gasteiger charge is -2.21. The zero-order chi connectivity index (χ0) is 17.4. The van der Waals surface area contributed by atoms with Crippen LogP contribution in [0.25, 0.3) is 0 Å². The molecule has 24 heavy (non-hydrogen) atoms. The number of nitrogens with two attached hydrogens (primary N) is 1. The van der Waals surface area contributed by atoms with Gasteiger partial charge >= 0.3 is 12.0 Å². The largest absolute Gasteiger partial charge is 0.482 e. The number of imide groups is 1. The number of benzene rings is 1. The van der Waals surface area contributed by atoms with Gasteiger partial charge < -0.3 is 15.2 Å². The van der Waals surface area contributed by atoms with Crippen LogP contribution in [0.5, 0.6) is 5.75 Å². The summed E-state index contributed by atoms with van der Waals surface area (Å²) in [5, 5.41) is 1.79. The molecule has 1 aromatic rings. The van der Waals surface area contributed by atoms with Crippen LogP contribution in [0.4, 0.5) is 4.79 Å². The molecule has 1 saturated heterocycles. The third-order valence-electron chi connectivity index (χ3n) is 2.96. The summed E-state index contributed by atoms with van der Waals surface area (Å²) in [6.45, 7) is -0.906. The highest BCUT2D eigenvalue weighted by atomic mass is 32.2. The zero-order valence-electron chi connectivity index (χ0n) is 12.9. The molecule has 0 aromatic heterocycles. The Bertz CT molecular complexity index is 588. The lowest BCUT2D eigenvalue weighted by Crippen LogP contribution is -2.38. The van der Waals surface area contributed by atoms with Gasteiger partial charge in [0.1, 0.15) is 5.75 Å². The second-order valence-corrected chi connectivity index (χ2v) is 7.58. The van der Waals surface area contributed by atoms with Crippen molar-refractivity contribution in [1.29, 1.82) is 0 Å². The number of hydrogen-bond donors (Lipinski definition) is 2. The van der Waals surface area contributed by atoms with Crippen molar-refractivity contribution in [1.82, 2.24) is 5.32 Å². The van der Waals surface area contributed by atoms with E-state index in [1.807, 2.05) is 35.7 Å². The van der Waals surface area contributed by atoms with Crippen molar-refractivity contribution in [2.45, 2.75) is 11.0 Å². The molecule has 130 valence electrons. The second kappa shape index (κ2) is 9.43. The molecule has 1 fully saturated rings. The molecule has 1 heterocycles. The van der Waals surface area contributed by atoms with Crippen LogP contribution < -0.4 is 15.8 Å². The second-order valence-electron chi connectivity index (χ2n) is 4.86. The van der Waals surface area contributed by atoms with Gasteiger partial charge in [-0.15, -0.1) is 23.5 Å². The number of amides is 3. The molecule has 2 rings (SSSR count). The Hall–Kier alpha value is -1.87. The van der Waals surface area contributed by atoms with E-state index in [1.165, 1.54) is 23.5 Å². The molecule has 0 spiro atoms. The molecule has 0 unspecified atom stereocenters. The van der Waals surface area contributed by atoms with Crippen LogP contribution in [-0.4, -0.2) is 42.6 Å². The van der Waals surface area contributed by atoms with Crippen LogP contribution in [-0.2, 0) is 14.3 Å². The summed E-state index contributed by atoms with van der Waals surface area (Å²) in [4.78, 5) is 33.0. The number of primary amides is 1. The monoisotopic (exact) mass is 370 g/mol. The highest BCUT2D eigenvalue weighted by molar-refractivity contribution is 8.16. The number of nitrogens with one attached hydrogen (secondary N) is 1. The Labute approximate surface area is 148 Å². The maximum absolute atomic E-state index is 11.5. The minimum Gasteiger partial charge on any atom is -0.482 e. The van der Waals surface area contributed by atoms with E-state index in [0.717, 1.165) is 0 Å². The van der Waals surface area contributed by atoms with Gasteiger partial charge in [-0.1, -0.05) is 12.1 Å². The van der Waals surface area contributed by atoms with Crippen LogP contribution >= 0.6 is 23.5 Å². The average Bonchev–Trinajstić information content (AvgIpc) is 2.59. The molecule has 7 nitrogen and oxygen atoms in total. The maximum atomic E-state index is 11.5.